The highest BCUT2D eigenvalue weighted by Gasteiger charge is 2.17. The molecule has 1 heteroatoms. The maximum Gasteiger partial charge on any atom is 0.135 e. The first-order valence-electron chi connectivity index (χ1n) is 15.4. The minimum Gasteiger partial charge on any atom is -0.456 e. The highest BCUT2D eigenvalue weighted by molar-refractivity contribution is 6.22. The molecule has 0 radical (unpaired) electrons. The molecular weight excluding hydrogens is 472 g/mol. The topological polar surface area (TPSA) is 13.1 Å². The lowest BCUT2D eigenvalue weighted by Crippen LogP contribution is -1.91. The Hall–Kier alpha value is -5.14. The van der Waals surface area contributed by atoms with E-state index >= 15 is 0 Å². The van der Waals surface area contributed by atoms with Crippen molar-refractivity contribution < 1.29 is 11.3 Å². The van der Waals surface area contributed by atoms with Crippen LogP contribution in [0.1, 0.15) is 6.85 Å². The van der Waals surface area contributed by atoms with E-state index in [1.54, 1.807) is 0 Å². The third-order valence-electron chi connectivity index (χ3n) is 7.56. The first-order valence-corrected chi connectivity index (χ1v) is 12.9. The summed E-state index contributed by atoms with van der Waals surface area (Å²) in [6.07, 6.45) is 0. The minimum atomic E-state index is -0.390. The third-order valence-corrected chi connectivity index (χ3v) is 7.56. The zero-order valence-electron chi connectivity index (χ0n) is 25.9. The van der Waals surface area contributed by atoms with Gasteiger partial charge < -0.3 is 4.42 Å². The number of para-hydroxylation sites is 1. The Morgan fingerprint density at radius 3 is 1.51 bits per heavy atom. The molecule has 0 bridgehead atoms. The molecule has 182 valence electrons. The lowest BCUT2D eigenvalue weighted by Gasteiger charge is -2.18. The molecule has 0 unspecified atom stereocenters. The van der Waals surface area contributed by atoms with Gasteiger partial charge in [-0.3, -0.25) is 0 Å². The molecular formula is C38H24O. The molecule has 8 rings (SSSR count). The lowest BCUT2D eigenvalue weighted by atomic mass is 9.85. The fraction of sp³-hybridized carbons (Fsp3) is 0. The first kappa shape index (κ1) is 17.4. The molecule has 1 aromatic heterocycles. The summed E-state index contributed by atoms with van der Waals surface area (Å²) in [5.74, 6) is 0. The zero-order chi connectivity index (χ0) is 30.1. The molecule has 0 spiro atoms. The van der Waals surface area contributed by atoms with Gasteiger partial charge >= 0.3 is 0 Å². The van der Waals surface area contributed by atoms with E-state index in [1.807, 2.05) is 42.5 Å². The van der Waals surface area contributed by atoms with Crippen LogP contribution >= 0.6 is 0 Å². The Labute approximate surface area is 233 Å². The van der Waals surface area contributed by atoms with E-state index in [4.69, 9.17) is 11.3 Å². The Morgan fingerprint density at radius 2 is 0.872 bits per heavy atom. The highest BCUT2D eigenvalue weighted by Crippen LogP contribution is 2.44. The predicted octanol–water partition coefficient (Wildman–Crippen LogP) is 10.9. The van der Waals surface area contributed by atoms with Crippen molar-refractivity contribution in [2.45, 2.75) is 0 Å². The molecule has 0 saturated heterocycles. The summed E-state index contributed by atoms with van der Waals surface area (Å²) >= 11 is 0. The lowest BCUT2D eigenvalue weighted by molar-refractivity contribution is 0.669. The van der Waals surface area contributed by atoms with Crippen LogP contribution in [-0.2, 0) is 0 Å². The Bertz CT molecular complexity index is 2350. The van der Waals surface area contributed by atoms with Crippen molar-refractivity contribution in [2.75, 3.05) is 0 Å². The van der Waals surface area contributed by atoms with Gasteiger partial charge in [0.25, 0.3) is 0 Å². The average molecular weight is 502 g/mol. The molecule has 7 aromatic carbocycles. The molecule has 0 aliphatic rings. The summed E-state index contributed by atoms with van der Waals surface area (Å²) in [7, 11) is 0. The van der Waals surface area contributed by atoms with Gasteiger partial charge in [0.05, 0.1) is 6.85 Å². The van der Waals surface area contributed by atoms with Crippen LogP contribution in [0.5, 0.6) is 0 Å². The second-order valence-corrected chi connectivity index (χ2v) is 9.73. The van der Waals surface area contributed by atoms with E-state index in [0.717, 1.165) is 65.7 Å². The van der Waals surface area contributed by atoms with Gasteiger partial charge in [0.15, 0.2) is 0 Å². The second kappa shape index (κ2) is 8.72. The largest absolute Gasteiger partial charge is 0.456 e. The smallest absolute Gasteiger partial charge is 0.135 e. The molecule has 0 N–H and O–H groups in total. The van der Waals surface area contributed by atoms with Crippen LogP contribution in [0.15, 0.2) is 150 Å². The van der Waals surface area contributed by atoms with Gasteiger partial charge in [-0.25, -0.2) is 0 Å². The Kier molecular flexibility index (Phi) is 3.89. The molecule has 0 atom stereocenters. The fourth-order valence-corrected chi connectivity index (χ4v) is 5.83. The predicted molar refractivity (Wildman–Crippen MR) is 165 cm³/mol. The van der Waals surface area contributed by atoms with Crippen LogP contribution in [0.3, 0.4) is 0 Å². The van der Waals surface area contributed by atoms with Crippen molar-refractivity contribution in [1.29, 1.82) is 0 Å². The zero-order valence-corrected chi connectivity index (χ0v) is 20.9. The number of furan rings is 1. The molecule has 0 fully saturated rings. The van der Waals surface area contributed by atoms with E-state index in [9.17, 15) is 0 Å². The molecule has 39 heavy (non-hydrogen) atoms. The summed E-state index contributed by atoms with van der Waals surface area (Å²) < 4.78 is 47.1. The number of benzene rings is 7. The number of hydrogen-bond acceptors (Lipinski definition) is 1. The molecule has 0 amide bonds. The summed E-state index contributed by atoms with van der Waals surface area (Å²) in [5.41, 5.74) is 6.85. The van der Waals surface area contributed by atoms with Gasteiger partial charge in [0.1, 0.15) is 11.2 Å². The van der Waals surface area contributed by atoms with Crippen LogP contribution in [-0.4, -0.2) is 0 Å². The summed E-state index contributed by atoms with van der Waals surface area (Å²) in [5, 5.41) is 6.64. The standard InChI is InChI=1S/C38H24O/c1-2-10-25(11-3-1)26-18-20-27(21-19-26)37-30-13-4-6-15-32(30)38(33-16-7-5-14-31(33)37)28-22-23-36-34(24-28)29-12-8-9-17-35(29)39-36/h1-24H/i1D,2D,3D,10D,11D. The van der Waals surface area contributed by atoms with E-state index in [2.05, 4.69) is 72.8 Å². The van der Waals surface area contributed by atoms with Gasteiger partial charge in [-0.05, 0) is 73.1 Å². The maximum absolute atomic E-state index is 8.42. The Morgan fingerprint density at radius 1 is 0.385 bits per heavy atom. The number of hydrogen-bond donors (Lipinski definition) is 0. The van der Waals surface area contributed by atoms with Crippen molar-refractivity contribution in [2.24, 2.45) is 0 Å². The van der Waals surface area contributed by atoms with Crippen molar-refractivity contribution in [3.8, 4) is 33.4 Å². The van der Waals surface area contributed by atoms with Gasteiger partial charge in [-0.2, -0.15) is 0 Å². The molecule has 8 aromatic rings. The van der Waals surface area contributed by atoms with E-state index in [0.29, 0.717) is 5.56 Å². The van der Waals surface area contributed by atoms with Crippen LogP contribution in [0, 0.1) is 0 Å². The first-order chi connectivity index (χ1) is 21.4. The number of rotatable bonds is 3. The summed E-state index contributed by atoms with van der Waals surface area (Å²) in [6, 6.07) is 37.6. The van der Waals surface area contributed by atoms with Gasteiger partial charge in [-0.1, -0.05) is 127 Å². The van der Waals surface area contributed by atoms with Crippen LogP contribution in [0.4, 0.5) is 0 Å². The van der Waals surface area contributed by atoms with Crippen molar-refractivity contribution >= 4 is 43.5 Å². The quantitative estimate of drug-likeness (QED) is 0.219. The van der Waals surface area contributed by atoms with Crippen molar-refractivity contribution in [3.63, 3.8) is 0 Å². The molecule has 1 heterocycles. The van der Waals surface area contributed by atoms with E-state index < -0.39 is 6.04 Å². The van der Waals surface area contributed by atoms with Gasteiger partial charge in [0.2, 0.25) is 0 Å². The van der Waals surface area contributed by atoms with Gasteiger partial charge in [0, 0.05) is 10.8 Å². The number of fused-ring (bicyclic) bond motifs is 5. The highest BCUT2D eigenvalue weighted by atomic mass is 16.3. The summed E-state index contributed by atoms with van der Waals surface area (Å²) in [4.78, 5) is 0. The Balaban J connectivity index is 1.36. The average Bonchev–Trinajstić information content (AvgIpc) is 3.44. The monoisotopic (exact) mass is 501 g/mol. The van der Waals surface area contributed by atoms with Crippen molar-refractivity contribution in [1.82, 2.24) is 0 Å². The third kappa shape index (κ3) is 3.48. The minimum absolute atomic E-state index is 0.202. The normalized spacial score (nSPS) is 13.4. The molecule has 0 aliphatic heterocycles. The van der Waals surface area contributed by atoms with E-state index in [1.165, 1.54) is 0 Å². The molecule has 0 aliphatic carbocycles. The van der Waals surface area contributed by atoms with Crippen LogP contribution in [0.2, 0.25) is 0 Å². The van der Waals surface area contributed by atoms with E-state index in [-0.39, 0.29) is 29.7 Å². The maximum atomic E-state index is 8.42. The SMILES string of the molecule is [2H]c1c([2H])c([2H])c(-c2ccc(-c3c4ccccc4c(-c4ccc5oc6ccccc6c5c4)c4ccccc34)cc2)c([2H])c1[2H]. The van der Waals surface area contributed by atoms with Crippen LogP contribution < -0.4 is 0 Å². The fourth-order valence-electron chi connectivity index (χ4n) is 5.83. The van der Waals surface area contributed by atoms with Crippen molar-refractivity contribution in [3.05, 3.63) is 145 Å². The molecule has 1 nitrogen and oxygen atoms in total. The van der Waals surface area contributed by atoms with Gasteiger partial charge in [-0.15, -0.1) is 0 Å². The second-order valence-electron chi connectivity index (χ2n) is 9.73. The summed E-state index contributed by atoms with van der Waals surface area (Å²) in [6.45, 7) is 0. The molecule has 0 saturated carbocycles. The van der Waals surface area contributed by atoms with Crippen LogP contribution in [0.25, 0.3) is 76.9 Å².